The monoisotopic (exact) mass is 452 g/mol. The first kappa shape index (κ1) is 26.2. The molecule has 0 radical (unpaired) electrons. The standard InChI is InChI=1S/C27H40N4O2/c1-8-21(9-2)26(32)31(20(5)22-13-11-10-12-14-22)18-23-17-24(15-16-25(23)30(6)7)29-27(33)28-19(3)4/h10-17,19-21H,8-9,18H2,1-7H3,(H2,28,29,33). The first-order chi connectivity index (χ1) is 15.7. The van der Waals surface area contributed by atoms with E-state index in [4.69, 9.17) is 0 Å². The zero-order valence-electron chi connectivity index (χ0n) is 21.2. The molecule has 0 aromatic heterocycles. The number of rotatable bonds is 10. The quantitative estimate of drug-likeness (QED) is 0.478. The molecule has 33 heavy (non-hydrogen) atoms. The lowest BCUT2D eigenvalue weighted by Gasteiger charge is -2.34. The molecule has 2 aromatic carbocycles. The molecule has 0 fully saturated rings. The summed E-state index contributed by atoms with van der Waals surface area (Å²) in [5.41, 5.74) is 3.82. The molecule has 0 saturated heterocycles. The third-order valence-electron chi connectivity index (χ3n) is 5.95. The first-order valence-corrected chi connectivity index (χ1v) is 11.9. The van der Waals surface area contributed by atoms with Gasteiger partial charge in [0.25, 0.3) is 0 Å². The fourth-order valence-corrected chi connectivity index (χ4v) is 4.03. The minimum absolute atomic E-state index is 0.0166. The Balaban J connectivity index is 2.44. The number of benzene rings is 2. The number of carbonyl (C=O) groups is 2. The lowest BCUT2D eigenvalue weighted by Crippen LogP contribution is -2.38. The minimum atomic E-state index is -0.240. The summed E-state index contributed by atoms with van der Waals surface area (Å²) in [5, 5.41) is 5.77. The maximum Gasteiger partial charge on any atom is 0.319 e. The number of hydrogen-bond acceptors (Lipinski definition) is 3. The zero-order chi connectivity index (χ0) is 24.5. The number of amides is 3. The molecule has 180 valence electrons. The highest BCUT2D eigenvalue weighted by Gasteiger charge is 2.27. The van der Waals surface area contributed by atoms with Crippen molar-refractivity contribution in [2.24, 2.45) is 5.92 Å². The van der Waals surface area contributed by atoms with Gasteiger partial charge in [-0.1, -0.05) is 44.2 Å². The van der Waals surface area contributed by atoms with E-state index in [9.17, 15) is 9.59 Å². The molecule has 0 saturated carbocycles. The third kappa shape index (κ3) is 7.24. The molecule has 6 nitrogen and oxygen atoms in total. The van der Waals surface area contributed by atoms with Gasteiger partial charge in [0.1, 0.15) is 0 Å². The summed E-state index contributed by atoms with van der Waals surface area (Å²) in [4.78, 5) is 29.9. The predicted molar refractivity (Wildman–Crippen MR) is 138 cm³/mol. The van der Waals surface area contributed by atoms with Crippen molar-refractivity contribution in [1.29, 1.82) is 0 Å². The third-order valence-corrected chi connectivity index (χ3v) is 5.95. The Labute approximate surface area is 199 Å². The molecule has 0 aliphatic rings. The highest BCUT2D eigenvalue weighted by Crippen LogP contribution is 2.30. The molecular formula is C27H40N4O2. The van der Waals surface area contributed by atoms with Gasteiger partial charge in [0.2, 0.25) is 5.91 Å². The lowest BCUT2D eigenvalue weighted by atomic mass is 9.98. The normalized spacial score (nSPS) is 11.9. The average Bonchev–Trinajstić information content (AvgIpc) is 2.77. The van der Waals surface area contributed by atoms with Gasteiger partial charge in [-0.15, -0.1) is 0 Å². The van der Waals surface area contributed by atoms with Gasteiger partial charge in [-0.05, 0) is 62.9 Å². The minimum Gasteiger partial charge on any atom is -0.377 e. The molecule has 6 heteroatoms. The Hall–Kier alpha value is -3.02. The summed E-state index contributed by atoms with van der Waals surface area (Å²) in [7, 11) is 3.98. The summed E-state index contributed by atoms with van der Waals surface area (Å²) in [5.74, 6) is 0.147. The number of carbonyl (C=O) groups excluding carboxylic acids is 2. The van der Waals surface area contributed by atoms with Crippen molar-refractivity contribution in [1.82, 2.24) is 10.2 Å². The Morgan fingerprint density at radius 3 is 2.12 bits per heavy atom. The van der Waals surface area contributed by atoms with Gasteiger partial charge >= 0.3 is 6.03 Å². The van der Waals surface area contributed by atoms with Crippen LogP contribution in [0.15, 0.2) is 48.5 Å². The topological polar surface area (TPSA) is 64.7 Å². The van der Waals surface area contributed by atoms with Crippen LogP contribution in [0.1, 0.15) is 64.6 Å². The molecule has 1 unspecified atom stereocenters. The van der Waals surface area contributed by atoms with Gasteiger partial charge in [0.05, 0.1) is 6.04 Å². The van der Waals surface area contributed by atoms with Crippen LogP contribution in [0, 0.1) is 5.92 Å². The summed E-state index contributed by atoms with van der Waals surface area (Å²) >= 11 is 0. The largest absolute Gasteiger partial charge is 0.377 e. The summed E-state index contributed by atoms with van der Waals surface area (Å²) in [6.45, 7) is 10.5. The van der Waals surface area contributed by atoms with Gasteiger partial charge in [-0.25, -0.2) is 4.79 Å². The fraction of sp³-hybridized carbons (Fsp3) is 0.481. The molecule has 1 atom stereocenters. The van der Waals surface area contributed by atoms with E-state index in [1.807, 2.05) is 74.1 Å². The van der Waals surface area contributed by atoms with Crippen LogP contribution in [0.2, 0.25) is 0 Å². The molecule has 0 bridgehead atoms. The van der Waals surface area contributed by atoms with Gasteiger partial charge in [-0.2, -0.15) is 0 Å². The van der Waals surface area contributed by atoms with Crippen LogP contribution in [-0.4, -0.2) is 37.0 Å². The van der Waals surface area contributed by atoms with Crippen molar-refractivity contribution >= 4 is 23.3 Å². The Morgan fingerprint density at radius 2 is 1.58 bits per heavy atom. The average molecular weight is 453 g/mol. The number of nitrogens with zero attached hydrogens (tertiary/aromatic N) is 2. The van der Waals surface area contributed by atoms with Gasteiger partial charge in [0.15, 0.2) is 0 Å². The SMILES string of the molecule is CCC(CC)C(=O)N(Cc1cc(NC(=O)NC(C)C)ccc1N(C)C)C(C)c1ccccc1. The maximum atomic E-state index is 13.6. The van der Waals surface area contributed by atoms with E-state index in [1.54, 1.807) is 0 Å². The lowest BCUT2D eigenvalue weighted by molar-refractivity contribution is -0.138. The van der Waals surface area contributed by atoms with Gasteiger partial charge < -0.3 is 20.4 Å². The van der Waals surface area contributed by atoms with Crippen LogP contribution in [0.3, 0.4) is 0 Å². The van der Waals surface area contributed by atoms with Crippen LogP contribution < -0.4 is 15.5 Å². The molecule has 0 spiro atoms. The van der Waals surface area contributed by atoms with Crippen molar-refractivity contribution in [2.45, 2.75) is 66.1 Å². The fourth-order valence-electron chi connectivity index (χ4n) is 4.03. The van der Waals surface area contributed by atoms with Crippen molar-refractivity contribution in [3.63, 3.8) is 0 Å². The van der Waals surface area contributed by atoms with Crippen LogP contribution >= 0.6 is 0 Å². The number of anilines is 2. The van der Waals surface area contributed by atoms with Crippen LogP contribution in [0.5, 0.6) is 0 Å². The second kappa shape index (κ2) is 12.3. The van der Waals surface area contributed by atoms with Crippen LogP contribution in [-0.2, 0) is 11.3 Å². The van der Waals surface area contributed by atoms with Gasteiger partial charge in [0, 0.05) is 44.0 Å². The molecule has 2 N–H and O–H groups in total. The molecule has 0 heterocycles. The summed E-state index contributed by atoms with van der Waals surface area (Å²) < 4.78 is 0. The number of hydrogen-bond donors (Lipinski definition) is 2. The van der Waals surface area contributed by atoms with E-state index in [0.29, 0.717) is 12.2 Å². The highest BCUT2D eigenvalue weighted by atomic mass is 16.2. The van der Waals surface area contributed by atoms with E-state index in [2.05, 4.69) is 43.5 Å². The summed E-state index contributed by atoms with van der Waals surface area (Å²) in [6.07, 6.45) is 1.62. The molecule has 0 aliphatic heterocycles. The molecular weight excluding hydrogens is 412 g/mol. The van der Waals surface area contributed by atoms with Crippen LogP contribution in [0.4, 0.5) is 16.2 Å². The van der Waals surface area contributed by atoms with Crippen molar-refractivity contribution in [3.05, 3.63) is 59.7 Å². The Kier molecular flexibility index (Phi) is 9.76. The summed E-state index contributed by atoms with van der Waals surface area (Å²) in [6, 6.07) is 15.7. The first-order valence-electron chi connectivity index (χ1n) is 11.9. The van der Waals surface area contributed by atoms with E-state index in [1.165, 1.54) is 0 Å². The van der Waals surface area contributed by atoms with Gasteiger partial charge in [-0.3, -0.25) is 4.79 Å². The van der Waals surface area contributed by atoms with E-state index in [-0.39, 0.29) is 29.9 Å². The number of urea groups is 1. The molecule has 0 aliphatic carbocycles. The van der Waals surface area contributed by atoms with E-state index >= 15 is 0 Å². The maximum absolute atomic E-state index is 13.6. The van der Waals surface area contributed by atoms with E-state index in [0.717, 1.165) is 29.7 Å². The second-order valence-corrected chi connectivity index (χ2v) is 9.06. The number of nitrogens with one attached hydrogen (secondary N) is 2. The van der Waals surface area contributed by atoms with Crippen molar-refractivity contribution in [2.75, 3.05) is 24.3 Å². The smallest absolute Gasteiger partial charge is 0.319 e. The molecule has 2 aromatic rings. The Morgan fingerprint density at radius 1 is 0.939 bits per heavy atom. The van der Waals surface area contributed by atoms with E-state index < -0.39 is 0 Å². The van der Waals surface area contributed by atoms with Crippen LogP contribution in [0.25, 0.3) is 0 Å². The molecule has 3 amide bonds. The molecule has 2 rings (SSSR count). The second-order valence-electron chi connectivity index (χ2n) is 9.06. The van der Waals surface area contributed by atoms with Crippen molar-refractivity contribution < 1.29 is 9.59 Å². The van der Waals surface area contributed by atoms with Crippen molar-refractivity contribution in [3.8, 4) is 0 Å². The zero-order valence-corrected chi connectivity index (χ0v) is 21.2. The Bertz CT molecular complexity index is 908. The predicted octanol–water partition coefficient (Wildman–Crippen LogP) is 5.81. The highest BCUT2D eigenvalue weighted by molar-refractivity contribution is 5.90.